The van der Waals surface area contributed by atoms with Gasteiger partial charge in [-0.3, -0.25) is 5.43 Å². The molecule has 0 aliphatic carbocycles. The molecule has 1 N–H and O–H groups in total. The van der Waals surface area contributed by atoms with Crippen molar-refractivity contribution in [2.24, 2.45) is 5.10 Å². The standard InChI is InChI=1S/C11H10FN3S/c1-8-7-16-11(14-8)15-13-6-9-2-4-10(12)5-3-9/h2-7H,1H3,(H,14,15). The van der Waals surface area contributed by atoms with Gasteiger partial charge < -0.3 is 0 Å². The molecule has 1 heterocycles. The Kier molecular flexibility index (Phi) is 3.26. The third-order valence-electron chi connectivity index (χ3n) is 1.86. The number of hydrogen-bond donors (Lipinski definition) is 1. The summed E-state index contributed by atoms with van der Waals surface area (Å²) in [7, 11) is 0. The van der Waals surface area contributed by atoms with Gasteiger partial charge in [0.1, 0.15) is 5.82 Å². The summed E-state index contributed by atoms with van der Waals surface area (Å²) >= 11 is 1.49. The van der Waals surface area contributed by atoms with Gasteiger partial charge >= 0.3 is 0 Å². The predicted octanol–water partition coefficient (Wildman–Crippen LogP) is 3.04. The van der Waals surface area contributed by atoms with Gasteiger partial charge in [-0.1, -0.05) is 12.1 Å². The number of anilines is 1. The van der Waals surface area contributed by atoms with Crippen molar-refractivity contribution in [3.8, 4) is 0 Å². The van der Waals surface area contributed by atoms with Crippen LogP contribution < -0.4 is 5.43 Å². The fourth-order valence-corrected chi connectivity index (χ4v) is 1.75. The number of aryl methyl sites for hydroxylation is 1. The van der Waals surface area contributed by atoms with Gasteiger partial charge in [0.15, 0.2) is 0 Å². The quantitative estimate of drug-likeness (QED) is 0.656. The van der Waals surface area contributed by atoms with Crippen LogP contribution in [0, 0.1) is 12.7 Å². The maximum atomic E-state index is 12.6. The lowest BCUT2D eigenvalue weighted by Crippen LogP contribution is -1.90. The Morgan fingerprint density at radius 2 is 2.12 bits per heavy atom. The number of benzene rings is 1. The van der Waals surface area contributed by atoms with Crippen LogP contribution in [0.5, 0.6) is 0 Å². The number of halogens is 1. The van der Waals surface area contributed by atoms with E-state index in [1.807, 2.05) is 12.3 Å². The summed E-state index contributed by atoms with van der Waals surface area (Å²) in [4.78, 5) is 4.19. The summed E-state index contributed by atoms with van der Waals surface area (Å²) in [6, 6.07) is 6.12. The Morgan fingerprint density at radius 1 is 1.38 bits per heavy atom. The molecular formula is C11H10FN3S. The molecule has 1 aromatic carbocycles. The lowest BCUT2D eigenvalue weighted by molar-refractivity contribution is 0.628. The van der Waals surface area contributed by atoms with E-state index in [0.717, 1.165) is 16.4 Å². The Balaban J connectivity index is 1.97. The smallest absolute Gasteiger partial charge is 0.203 e. The minimum Gasteiger partial charge on any atom is -0.253 e. The Hall–Kier alpha value is -1.75. The van der Waals surface area contributed by atoms with Gasteiger partial charge in [-0.05, 0) is 24.6 Å². The monoisotopic (exact) mass is 235 g/mol. The fraction of sp³-hybridized carbons (Fsp3) is 0.0909. The number of hydrazone groups is 1. The number of nitrogens with zero attached hydrogens (tertiary/aromatic N) is 2. The zero-order valence-corrected chi connectivity index (χ0v) is 9.46. The SMILES string of the molecule is Cc1csc(NN=Cc2ccc(F)cc2)n1. The van der Waals surface area contributed by atoms with E-state index in [4.69, 9.17) is 0 Å². The van der Waals surface area contributed by atoms with Gasteiger partial charge in [0.05, 0.1) is 11.9 Å². The number of nitrogens with one attached hydrogen (secondary N) is 1. The molecule has 0 saturated heterocycles. The van der Waals surface area contributed by atoms with Crippen LogP contribution in [-0.4, -0.2) is 11.2 Å². The van der Waals surface area contributed by atoms with E-state index in [9.17, 15) is 4.39 Å². The average molecular weight is 235 g/mol. The van der Waals surface area contributed by atoms with Gasteiger partial charge in [0, 0.05) is 5.38 Å². The first-order valence-electron chi connectivity index (χ1n) is 4.71. The molecule has 0 fully saturated rings. The number of aromatic nitrogens is 1. The molecule has 82 valence electrons. The topological polar surface area (TPSA) is 37.3 Å². The number of thiazole rings is 1. The summed E-state index contributed by atoms with van der Waals surface area (Å²) in [6.07, 6.45) is 1.62. The molecule has 0 spiro atoms. The highest BCUT2D eigenvalue weighted by molar-refractivity contribution is 7.13. The van der Waals surface area contributed by atoms with Crippen molar-refractivity contribution >= 4 is 22.7 Å². The van der Waals surface area contributed by atoms with Crippen molar-refractivity contribution in [2.45, 2.75) is 6.92 Å². The van der Waals surface area contributed by atoms with Crippen LogP contribution in [0.1, 0.15) is 11.3 Å². The van der Waals surface area contributed by atoms with Crippen LogP contribution in [0.2, 0.25) is 0 Å². The molecule has 5 heteroatoms. The first-order chi connectivity index (χ1) is 7.74. The molecule has 0 saturated carbocycles. The van der Waals surface area contributed by atoms with E-state index < -0.39 is 0 Å². The minimum absolute atomic E-state index is 0.249. The van der Waals surface area contributed by atoms with Crippen LogP contribution in [0.3, 0.4) is 0 Å². The van der Waals surface area contributed by atoms with Gasteiger partial charge in [-0.15, -0.1) is 11.3 Å². The second-order valence-electron chi connectivity index (χ2n) is 3.22. The van der Waals surface area contributed by atoms with E-state index in [1.165, 1.54) is 23.5 Å². The first-order valence-corrected chi connectivity index (χ1v) is 5.59. The van der Waals surface area contributed by atoms with Crippen molar-refractivity contribution in [3.05, 3.63) is 46.7 Å². The van der Waals surface area contributed by atoms with Crippen molar-refractivity contribution in [3.63, 3.8) is 0 Å². The molecule has 1 aromatic heterocycles. The highest BCUT2D eigenvalue weighted by atomic mass is 32.1. The molecule has 0 aliphatic heterocycles. The Labute approximate surface area is 96.7 Å². The minimum atomic E-state index is -0.249. The molecule has 0 amide bonds. The van der Waals surface area contributed by atoms with Crippen molar-refractivity contribution in [1.82, 2.24) is 4.98 Å². The number of hydrogen-bond acceptors (Lipinski definition) is 4. The molecule has 3 nitrogen and oxygen atoms in total. The second-order valence-corrected chi connectivity index (χ2v) is 4.07. The van der Waals surface area contributed by atoms with Gasteiger partial charge in [-0.25, -0.2) is 9.37 Å². The fourth-order valence-electron chi connectivity index (χ4n) is 1.12. The zero-order chi connectivity index (χ0) is 11.4. The number of rotatable bonds is 3. The summed E-state index contributed by atoms with van der Waals surface area (Å²) in [5.41, 5.74) is 4.61. The zero-order valence-electron chi connectivity index (χ0n) is 8.64. The molecule has 0 atom stereocenters. The van der Waals surface area contributed by atoms with Crippen LogP contribution in [0.15, 0.2) is 34.7 Å². The van der Waals surface area contributed by atoms with E-state index >= 15 is 0 Å². The average Bonchev–Trinajstić information content (AvgIpc) is 2.67. The van der Waals surface area contributed by atoms with Gasteiger partial charge in [-0.2, -0.15) is 5.10 Å². The molecular weight excluding hydrogens is 225 g/mol. The van der Waals surface area contributed by atoms with Crippen molar-refractivity contribution in [1.29, 1.82) is 0 Å². The summed E-state index contributed by atoms with van der Waals surface area (Å²) in [5, 5.41) is 6.69. The van der Waals surface area contributed by atoms with Gasteiger partial charge in [0.2, 0.25) is 5.13 Å². The van der Waals surface area contributed by atoms with Crippen LogP contribution in [-0.2, 0) is 0 Å². The first kappa shape index (κ1) is 10.8. The van der Waals surface area contributed by atoms with Gasteiger partial charge in [0.25, 0.3) is 0 Å². The van der Waals surface area contributed by atoms with Crippen LogP contribution >= 0.6 is 11.3 Å². The molecule has 2 rings (SSSR count). The van der Waals surface area contributed by atoms with E-state index in [-0.39, 0.29) is 5.82 Å². The van der Waals surface area contributed by atoms with Crippen LogP contribution in [0.25, 0.3) is 0 Å². The molecule has 2 aromatic rings. The lowest BCUT2D eigenvalue weighted by Gasteiger charge is -1.94. The molecule has 0 unspecified atom stereocenters. The maximum Gasteiger partial charge on any atom is 0.203 e. The third-order valence-corrected chi connectivity index (χ3v) is 2.73. The second kappa shape index (κ2) is 4.85. The van der Waals surface area contributed by atoms with Crippen molar-refractivity contribution in [2.75, 3.05) is 5.43 Å². The van der Waals surface area contributed by atoms with Crippen molar-refractivity contribution < 1.29 is 4.39 Å². The summed E-state index contributed by atoms with van der Waals surface area (Å²) in [5.74, 6) is -0.249. The molecule has 0 bridgehead atoms. The Morgan fingerprint density at radius 3 is 2.75 bits per heavy atom. The highest BCUT2D eigenvalue weighted by Gasteiger charge is 1.94. The van der Waals surface area contributed by atoms with E-state index in [2.05, 4.69) is 15.5 Å². The van der Waals surface area contributed by atoms with E-state index in [0.29, 0.717) is 0 Å². The summed E-state index contributed by atoms with van der Waals surface area (Å²) < 4.78 is 12.6. The Bertz CT molecular complexity index is 490. The predicted molar refractivity (Wildman–Crippen MR) is 64.5 cm³/mol. The molecule has 16 heavy (non-hydrogen) atoms. The molecule has 0 aliphatic rings. The molecule has 0 radical (unpaired) electrons. The third kappa shape index (κ3) is 2.87. The maximum absolute atomic E-state index is 12.6. The normalized spacial score (nSPS) is 10.9. The van der Waals surface area contributed by atoms with E-state index in [1.54, 1.807) is 18.3 Å². The van der Waals surface area contributed by atoms with Crippen LogP contribution in [0.4, 0.5) is 9.52 Å². The lowest BCUT2D eigenvalue weighted by atomic mass is 10.2. The highest BCUT2D eigenvalue weighted by Crippen LogP contribution is 2.13. The largest absolute Gasteiger partial charge is 0.253 e. The summed E-state index contributed by atoms with van der Waals surface area (Å²) in [6.45, 7) is 1.92.